The van der Waals surface area contributed by atoms with Crippen LogP contribution in [-0.4, -0.2) is 20.8 Å². The van der Waals surface area contributed by atoms with Crippen LogP contribution in [0.2, 0.25) is 0 Å². The number of rotatable bonds is 4. The van der Waals surface area contributed by atoms with Crippen LogP contribution in [0.1, 0.15) is 17.0 Å². The fraction of sp³-hybridized carbons (Fsp3) is 0.200. The van der Waals surface area contributed by atoms with Gasteiger partial charge in [0.1, 0.15) is 17.6 Å². The maximum absolute atomic E-state index is 12.4. The summed E-state index contributed by atoms with van der Waals surface area (Å²) in [6.45, 7) is 1.41. The lowest BCUT2D eigenvalue weighted by molar-refractivity contribution is -0.121. The van der Waals surface area contributed by atoms with E-state index in [0.29, 0.717) is 28.8 Å². The Hall–Kier alpha value is -3.00. The first-order valence-electron chi connectivity index (χ1n) is 6.99. The first kappa shape index (κ1) is 14.9. The molecule has 8 nitrogen and oxygen atoms in total. The average Bonchev–Trinajstić information content (AvgIpc) is 2.95. The van der Waals surface area contributed by atoms with Gasteiger partial charge in [0.2, 0.25) is 0 Å². The number of hydrazine groups is 1. The highest BCUT2D eigenvalue weighted by Gasteiger charge is 2.19. The normalized spacial score (nSPS) is 10.9. The summed E-state index contributed by atoms with van der Waals surface area (Å²) in [5.74, 6) is 4.57. The lowest BCUT2D eigenvalue weighted by Crippen LogP contribution is -2.37. The van der Waals surface area contributed by atoms with Crippen LogP contribution in [0.4, 0.5) is 0 Å². The van der Waals surface area contributed by atoms with Crippen LogP contribution in [-0.2, 0) is 17.8 Å². The van der Waals surface area contributed by atoms with Crippen molar-refractivity contribution in [2.45, 2.75) is 19.9 Å². The minimum atomic E-state index is -0.515. The lowest BCUT2D eigenvalue weighted by atomic mass is 10.1. The second-order valence-corrected chi connectivity index (χ2v) is 5.11. The first-order valence-corrected chi connectivity index (χ1v) is 6.99. The third-order valence-electron chi connectivity index (χ3n) is 3.48. The van der Waals surface area contributed by atoms with Crippen LogP contribution in [0.5, 0.6) is 0 Å². The summed E-state index contributed by atoms with van der Waals surface area (Å²) in [6.07, 6.45) is 0.455. The highest BCUT2D eigenvalue weighted by atomic mass is 16.5. The van der Waals surface area contributed by atoms with Gasteiger partial charge in [-0.15, -0.1) is 0 Å². The van der Waals surface area contributed by atoms with Gasteiger partial charge in [0.25, 0.3) is 11.5 Å². The first-order chi connectivity index (χ1) is 11.1. The Labute approximate surface area is 130 Å². The topological polar surface area (TPSA) is 116 Å². The van der Waals surface area contributed by atoms with Gasteiger partial charge >= 0.3 is 0 Å². The standard InChI is InChI=1S/C15H15N5O3/c1-9-13-14(23-19-9)11(7-10-5-3-2-4-6-10)18-20(15(13)22)8-12(21)17-16/h2-6H,7-8,16H2,1H3,(H,17,21). The van der Waals surface area contributed by atoms with E-state index in [9.17, 15) is 9.59 Å². The van der Waals surface area contributed by atoms with Gasteiger partial charge in [-0.05, 0) is 12.5 Å². The molecule has 118 valence electrons. The largest absolute Gasteiger partial charge is 0.354 e. The predicted molar refractivity (Wildman–Crippen MR) is 82.4 cm³/mol. The predicted octanol–water partition coefficient (Wildman–Crippen LogP) is 0.274. The third-order valence-corrected chi connectivity index (χ3v) is 3.48. The van der Waals surface area contributed by atoms with Gasteiger partial charge in [-0.1, -0.05) is 35.5 Å². The van der Waals surface area contributed by atoms with Crippen molar-refractivity contribution in [3.05, 3.63) is 57.6 Å². The number of carbonyl (C=O) groups is 1. The number of nitrogens with one attached hydrogen (secondary N) is 1. The van der Waals surface area contributed by atoms with Crippen molar-refractivity contribution < 1.29 is 9.32 Å². The van der Waals surface area contributed by atoms with E-state index in [-0.39, 0.29) is 6.54 Å². The zero-order valence-corrected chi connectivity index (χ0v) is 12.4. The molecule has 3 N–H and O–H groups in total. The Morgan fingerprint density at radius 2 is 2.09 bits per heavy atom. The van der Waals surface area contributed by atoms with Crippen molar-refractivity contribution in [1.29, 1.82) is 0 Å². The van der Waals surface area contributed by atoms with E-state index < -0.39 is 11.5 Å². The van der Waals surface area contributed by atoms with Crippen LogP contribution in [0.3, 0.4) is 0 Å². The monoisotopic (exact) mass is 313 g/mol. The molecule has 0 fully saturated rings. The molecule has 0 aliphatic rings. The highest BCUT2D eigenvalue weighted by Crippen LogP contribution is 2.19. The fourth-order valence-electron chi connectivity index (χ4n) is 2.38. The third kappa shape index (κ3) is 2.84. The van der Waals surface area contributed by atoms with Gasteiger partial charge < -0.3 is 4.52 Å². The minimum Gasteiger partial charge on any atom is -0.354 e. The van der Waals surface area contributed by atoms with Gasteiger partial charge in [0.15, 0.2) is 5.58 Å². The molecule has 0 aliphatic heterocycles. The number of nitrogens with two attached hydrogens (primary N) is 1. The molecule has 23 heavy (non-hydrogen) atoms. The Kier molecular flexibility index (Phi) is 3.90. The second-order valence-electron chi connectivity index (χ2n) is 5.11. The number of fused-ring (bicyclic) bond motifs is 1. The molecule has 0 saturated heterocycles. The molecule has 8 heteroatoms. The SMILES string of the molecule is Cc1noc2c(Cc3ccccc3)nn(CC(=O)NN)c(=O)c12. The highest BCUT2D eigenvalue weighted by molar-refractivity contribution is 5.81. The molecule has 0 atom stereocenters. The Morgan fingerprint density at radius 1 is 1.35 bits per heavy atom. The fourth-order valence-corrected chi connectivity index (χ4v) is 2.38. The number of aryl methyl sites for hydroxylation is 1. The summed E-state index contributed by atoms with van der Waals surface area (Å²) < 4.78 is 6.34. The lowest BCUT2D eigenvalue weighted by Gasteiger charge is -2.07. The van der Waals surface area contributed by atoms with E-state index in [4.69, 9.17) is 10.4 Å². The summed E-state index contributed by atoms with van der Waals surface area (Å²) in [4.78, 5) is 23.9. The van der Waals surface area contributed by atoms with Crippen molar-refractivity contribution in [3.8, 4) is 0 Å². The summed E-state index contributed by atoms with van der Waals surface area (Å²) in [7, 11) is 0. The molecule has 0 bridgehead atoms. The molecule has 0 saturated carbocycles. The molecule has 0 unspecified atom stereocenters. The van der Waals surface area contributed by atoms with E-state index in [2.05, 4.69) is 10.3 Å². The molecule has 2 aromatic heterocycles. The number of benzene rings is 1. The molecule has 1 amide bonds. The van der Waals surface area contributed by atoms with E-state index >= 15 is 0 Å². The number of carbonyl (C=O) groups excluding carboxylic acids is 1. The molecule has 0 radical (unpaired) electrons. The van der Waals surface area contributed by atoms with Crippen LogP contribution >= 0.6 is 0 Å². The number of hydrogen-bond donors (Lipinski definition) is 2. The zero-order valence-electron chi connectivity index (χ0n) is 12.4. The maximum Gasteiger partial charge on any atom is 0.280 e. The zero-order chi connectivity index (χ0) is 16.4. The van der Waals surface area contributed by atoms with E-state index in [1.54, 1.807) is 6.92 Å². The van der Waals surface area contributed by atoms with E-state index in [1.807, 2.05) is 35.8 Å². The molecule has 1 aromatic carbocycles. The van der Waals surface area contributed by atoms with Gasteiger partial charge in [0, 0.05) is 6.42 Å². The summed E-state index contributed by atoms with van der Waals surface area (Å²) in [5, 5.41) is 8.43. The Balaban J connectivity index is 2.14. The van der Waals surface area contributed by atoms with Gasteiger partial charge in [-0.3, -0.25) is 15.0 Å². The van der Waals surface area contributed by atoms with Crippen LogP contribution in [0.25, 0.3) is 11.0 Å². The number of aromatic nitrogens is 3. The van der Waals surface area contributed by atoms with Crippen LogP contribution < -0.4 is 16.8 Å². The number of nitrogens with zero attached hydrogens (tertiary/aromatic N) is 3. The average molecular weight is 313 g/mol. The van der Waals surface area contributed by atoms with Crippen molar-refractivity contribution in [1.82, 2.24) is 20.4 Å². The molecule has 2 heterocycles. The van der Waals surface area contributed by atoms with Crippen LogP contribution in [0.15, 0.2) is 39.6 Å². The quantitative estimate of drug-likeness (QED) is 0.406. The molecule has 0 aliphatic carbocycles. The van der Waals surface area contributed by atoms with Crippen molar-refractivity contribution in [3.63, 3.8) is 0 Å². The van der Waals surface area contributed by atoms with Crippen LogP contribution in [0, 0.1) is 6.92 Å². The van der Waals surface area contributed by atoms with E-state index in [0.717, 1.165) is 10.2 Å². The van der Waals surface area contributed by atoms with E-state index in [1.165, 1.54) is 0 Å². The molecule has 3 rings (SSSR count). The molecular formula is C15H15N5O3. The van der Waals surface area contributed by atoms with Crippen molar-refractivity contribution in [2.24, 2.45) is 5.84 Å². The number of amides is 1. The minimum absolute atomic E-state index is 0.266. The van der Waals surface area contributed by atoms with Crippen molar-refractivity contribution >= 4 is 16.9 Å². The Bertz CT molecular complexity index is 914. The molecule has 3 aromatic rings. The number of hydrogen-bond acceptors (Lipinski definition) is 6. The smallest absolute Gasteiger partial charge is 0.280 e. The maximum atomic E-state index is 12.4. The van der Waals surface area contributed by atoms with Crippen molar-refractivity contribution in [2.75, 3.05) is 0 Å². The molecule has 0 spiro atoms. The molecular weight excluding hydrogens is 298 g/mol. The summed E-state index contributed by atoms with van der Waals surface area (Å²) in [6, 6.07) is 9.63. The Morgan fingerprint density at radius 3 is 2.78 bits per heavy atom. The van der Waals surface area contributed by atoms with Gasteiger partial charge in [-0.25, -0.2) is 10.5 Å². The van der Waals surface area contributed by atoms with Gasteiger partial charge in [-0.2, -0.15) is 5.10 Å². The second kappa shape index (κ2) is 6.01. The summed E-state index contributed by atoms with van der Waals surface area (Å²) >= 11 is 0. The summed E-state index contributed by atoms with van der Waals surface area (Å²) in [5.41, 5.74) is 3.91. The van der Waals surface area contributed by atoms with Gasteiger partial charge in [0.05, 0.1) is 5.69 Å².